The lowest BCUT2D eigenvalue weighted by Gasteiger charge is -2.20. The Hall–Kier alpha value is -1.30. The molecule has 16 heavy (non-hydrogen) atoms. The molecule has 0 fully saturated rings. The monoisotopic (exact) mass is 216 g/mol. The highest BCUT2D eigenvalue weighted by Crippen LogP contribution is 2.07. The highest BCUT2D eigenvalue weighted by Gasteiger charge is 2.03. The van der Waals surface area contributed by atoms with Crippen LogP contribution in [0.4, 0.5) is 0 Å². The minimum Gasteiger partial charge on any atom is -0.320 e. The standard InChI is InChI=1S/C14H20N2/c1-12(2)16(3)11-14-8-6-13(7-9-14)5-4-10-15/h6-9,12H,10-11,15H2,1-3H3. The van der Waals surface area contributed by atoms with Gasteiger partial charge in [-0.3, -0.25) is 4.90 Å². The maximum absolute atomic E-state index is 5.33. The smallest absolute Gasteiger partial charge is 0.0555 e. The Kier molecular flexibility index (Phi) is 5.04. The zero-order chi connectivity index (χ0) is 12.0. The van der Waals surface area contributed by atoms with Crippen LogP contribution >= 0.6 is 0 Å². The molecule has 0 radical (unpaired) electrons. The summed E-state index contributed by atoms with van der Waals surface area (Å²) in [4.78, 5) is 2.31. The minimum absolute atomic E-state index is 0.415. The van der Waals surface area contributed by atoms with Crippen LogP contribution in [-0.4, -0.2) is 24.5 Å². The predicted molar refractivity (Wildman–Crippen MR) is 69.0 cm³/mol. The normalized spacial score (nSPS) is 10.4. The van der Waals surface area contributed by atoms with Crippen molar-refractivity contribution >= 4 is 0 Å². The number of hydrogen-bond donors (Lipinski definition) is 1. The van der Waals surface area contributed by atoms with Gasteiger partial charge in [-0.2, -0.15) is 0 Å². The quantitative estimate of drug-likeness (QED) is 0.781. The molecule has 1 aromatic carbocycles. The van der Waals surface area contributed by atoms with E-state index < -0.39 is 0 Å². The van der Waals surface area contributed by atoms with Gasteiger partial charge in [-0.15, -0.1) is 0 Å². The van der Waals surface area contributed by atoms with Gasteiger partial charge in [-0.05, 0) is 38.6 Å². The summed E-state index contributed by atoms with van der Waals surface area (Å²) in [6, 6.07) is 8.91. The average molecular weight is 216 g/mol. The SMILES string of the molecule is CC(C)N(C)Cc1ccc(C#CCN)cc1. The summed E-state index contributed by atoms with van der Waals surface area (Å²) in [5.41, 5.74) is 7.67. The van der Waals surface area contributed by atoms with Crippen molar-refractivity contribution in [2.75, 3.05) is 13.6 Å². The Morgan fingerprint density at radius 1 is 1.25 bits per heavy atom. The Bertz CT molecular complexity index is 368. The summed E-state index contributed by atoms with van der Waals surface area (Å²) < 4.78 is 0. The van der Waals surface area contributed by atoms with Crippen molar-refractivity contribution in [1.29, 1.82) is 0 Å². The second-order valence-corrected chi connectivity index (χ2v) is 4.21. The molecule has 0 bridgehead atoms. The van der Waals surface area contributed by atoms with E-state index in [0.29, 0.717) is 12.6 Å². The third-order valence-electron chi connectivity index (χ3n) is 2.60. The second-order valence-electron chi connectivity index (χ2n) is 4.21. The first kappa shape index (κ1) is 12.8. The molecule has 0 aliphatic rings. The van der Waals surface area contributed by atoms with Crippen LogP contribution in [0.15, 0.2) is 24.3 Å². The molecule has 0 unspecified atom stereocenters. The van der Waals surface area contributed by atoms with Crippen LogP contribution in [0.3, 0.4) is 0 Å². The number of nitrogens with two attached hydrogens (primary N) is 1. The van der Waals surface area contributed by atoms with Crippen LogP contribution in [-0.2, 0) is 6.54 Å². The van der Waals surface area contributed by atoms with E-state index in [-0.39, 0.29) is 0 Å². The van der Waals surface area contributed by atoms with Crippen molar-refractivity contribution < 1.29 is 0 Å². The molecular formula is C14H20N2. The third kappa shape index (κ3) is 4.06. The van der Waals surface area contributed by atoms with Crippen LogP contribution in [0.2, 0.25) is 0 Å². The molecule has 2 N–H and O–H groups in total. The largest absolute Gasteiger partial charge is 0.320 e. The van der Waals surface area contributed by atoms with Crippen LogP contribution in [0.25, 0.3) is 0 Å². The van der Waals surface area contributed by atoms with Crippen molar-refractivity contribution in [2.24, 2.45) is 5.73 Å². The first-order valence-corrected chi connectivity index (χ1v) is 5.61. The summed E-state index contributed by atoms with van der Waals surface area (Å²) in [6.45, 7) is 5.78. The maximum atomic E-state index is 5.33. The summed E-state index contributed by atoms with van der Waals surface area (Å²) in [6.07, 6.45) is 0. The molecule has 0 atom stereocenters. The van der Waals surface area contributed by atoms with Gasteiger partial charge in [0.25, 0.3) is 0 Å². The molecule has 0 heterocycles. The van der Waals surface area contributed by atoms with Crippen molar-refractivity contribution in [3.63, 3.8) is 0 Å². The van der Waals surface area contributed by atoms with Gasteiger partial charge in [0.1, 0.15) is 0 Å². The van der Waals surface area contributed by atoms with Crippen molar-refractivity contribution in [3.8, 4) is 11.8 Å². The lowest BCUT2D eigenvalue weighted by atomic mass is 10.1. The molecule has 0 aromatic heterocycles. The van der Waals surface area contributed by atoms with E-state index >= 15 is 0 Å². The lowest BCUT2D eigenvalue weighted by molar-refractivity contribution is 0.266. The zero-order valence-corrected chi connectivity index (χ0v) is 10.3. The van der Waals surface area contributed by atoms with E-state index in [0.717, 1.165) is 12.1 Å². The van der Waals surface area contributed by atoms with Gasteiger partial charge in [0.05, 0.1) is 6.54 Å². The molecule has 1 rings (SSSR count). The van der Waals surface area contributed by atoms with Crippen molar-refractivity contribution in [1.82, 2.24) is 4.90 Å². The highest BCUT2D eigenvalue weighted by atomic mass is 15.1. The predicted octanol–water partition coefficient (Wildman–Crippen LogP) is 1.84. The average Bonchev–Trinajstić information content (AvgIpc) is 2.28. The Labute approximate surface area is 98.4 Å². The van der Waals surface area contributed by atoms with Crippen LogP contribution < -0.4 is 5.73 Å². The Morgan fingerprint density at radius 2 is 1.88 bits per heavy atom. The van der Waals surface area contributed by atoms with E-state index in [1.807, 2.05) is 12.1 Å². The molecule has 0 aliphatic carbocycles. The topological polar surface area (TPSA) is 29.3 Å². The van der Waals surface area contributed by atoms with Crippen LogP contribution in [0.5, 0.6) is 0 Å². The van der Waals surface area contributed by atoms with Crippen LogP contribution in [0, 0.1) is 11.8 Å². The Morgan fingerprint density at radius 3 is 2.38 bits per heavy atom. The lowest BCUT2D eigenvalue weighted by Crippen LogP contribution is -2.25. The number of nitrogens with zero attached hydrogens (tertiary/aromatic N) is 1. The van der Waals surface area contributed by atoms with E-state index in [4.69, 9.17) is 5.73 Å². The summed E-state index contributed by atoms with van der Waals surface area (Å²) in [7, 11) is 2.13. The third-order valence-corrected chi connectivity index (χ3v) is 2.60. The fourth-order valence-corrected chi connectivity index (χ4v) is 1.32. The van der Waals surface area contributed by atoms with Gasteiger partial charge in [0, 0.05) is 18.2 Å². The molecule has 2 heteroatoms. The van der Waals surface area contributed by atoms with Crippen LogP contribution in [0.1, 0.15) is 25.0 Å². The summed E-state index contributed by atoms with van der Waals surface area (Å²) in [5, 5.41) is 0. The van der Waals surface area contributed by atoms with Gasteiger partial charge < -0.3 is 5.73 Å². The molecule has 2 nitrogen and oxygen atoms in total. The number of hydrogen-bond acceptors (Lipinski definition) is 2. The molecule has 86 valence electrons. The number of benzene rings is 1. The van der Waals surface area contributed by atoms with Gasteiger partial charge in [0.15, 0.2) is 0 Å². The van der Waals surface area contributed by atoms with Gasteiger partial charge in [-0.25, -0.2) is 0 Å². The minimum atomic E-state index is 0.415. The van der Waals surface area contributed by atoms with Gasteiger partial charge in [0.2, 0.25) is 0 Å². The fourth-order valence-electron chi connectivity index (χ4n) is 1.32. The molecule has 0 saturated heterocycles. The Balaban J connectivity index is 2.64. The molecule has 0 amide bonds. The maximum Gasteiger partial charge on any atom is 0.0555 e. The van der Waals surface area contributed by atoms with Crippen molar-refractivity contribution in [2.45, 2.75) is 26.4 Å². The van der Waals surface area contributed by atoms with E-state index in [9.17, 15) is 0 Å². The zero-order valence-electron chi connectivity index (χ0n) is 10.3. The summed E-state index contributed by atoms with van der Waals surface area (Å²) in [5.74, 6) is 5.87. The first-order valence-electron chi connectivity index (χ1n) is 5.61. The fraction of sp³-hybridized carbons (Fsp3) is 0.429. The summed E-state index contributed by atoms with van der Waals surface area (Å²) >= 11 is 0. The van der Waals surface area contributed by atoms with E-state index in [2.05, 4.69) is 49.8 Å². The van der Waals surface area contributed by atoms with E-state index in [1.54, 1.807) is 0 Å². The second kappa shape index (κ2) is 6.32. The first-order chi connectivity index (χ1) is 7.63. The van der Waals surface area contributed by atoms with Crippen molar-refractivity contribution in [3.05, 3.63) is 35.4 Å². The van der Waals surface area contributed by atoms with E-state index in [1.165, 1.54) is 5.56 Å². The van der Waals surface area contributed by atoms with Gasteiger partial charge >= 0.3 is 0 Å². The highest BCUT2D eigenvalue weighted by molar-refractivity contribution is 5.36. The molecule has 0 saturated carbocycles. The van der Waals surface area contributed by atoms with Gasteiger partial charge in [-0.1, -0.05) is 24.0 Å². The molecule has 0 aliphatic heterocycles. The molecule has 1 aromatic rings. The molecule has 0 spiro atoms. The number of rotatable bonds is 3. The molecular weight excluding hydrogens is 196 g/mol.